The van der Waals surface area contributed by atoms with Gasteiger partial charge >= 0.3 is 6.18 Å². The molecule has 0 spiro atoms. The van der Waals surface area contributed by atoms with Gasteiger partial charge in [-0.25, -0.2) is 4.39 Å². The summed E-state index contributed by atoms with van der Waals surface area (Å²) in [6, 6.07) is 3.48. The molecule has 2 aromatic rings. The number of rotatable bonds is 5. The van der Waals surface area contributed by atoms with E-state index in [1.807, 2.05) is 0 Å². The van der Waals surface area contributed by atoms with E-state index in [9.17, 15) is 22.4 Å². The third-order valence-electron chi connectivity index (χ3n) is 4.21. The minimum absolute atomic E-state index is 0.124. The Kier molecular flexibility index (Phi) is 5.71. The molecule has 27 heavy (non-hydrogen) atoms. The molecule has 1 aromatic heterocycles. The van der Waals surface area contributed by atoms with Crippen molar-refractivity contribution >= 4 is 5.91 Å². The van der Waals surface area contributed by atoms with Gasteiger partial charge in [0.2, 0.25) is 0 Å². The predicted molar refractivity (Wildman–Crippen MR) is 87.9 cm³/mol. The van der Waals surface area contributed by atoms with E-state index in [4.69, 9.17) is 0 Å². The summed E-state index contributed by atoms with van der Waals surface area (Å²) in [5.74, 6) is -1.19. The summed E-state index contributed by atoms with van der Waals surface area (Å²) in [6.07, 6.45) is -3.32. The van der Waals surface area contributed by atoms with Gasteiger partial charge in [-0.1, -0.05) is 0 Å². The number of halogens is 4. The number of carbonyl (C=O) groups excluding carboxylic acids is 1. The Balaban J connectivity index is 1.64. The standard InChI is InChI=1S/C16H18F4N6O/c17-11-1-3-12(4-2-11)26-23-9-13(24-26)15(27)22-10-14(16(18,19)20)25-7-5-21-6-8-25/h1-4,9,14,21H,5-8,10H2,(H,22,27). The van der Waals surface area contributed by atoms with Crippen molar-refractivity contribution in [3.63, 3.8) is 0 Å². The maximum absolute atomic E-state index is 13.3. The molecule has 7 nitrogen and oxygen atoms in total. The molecule has 1 amide bonds. The molecule has 1 atom stereocenters. The second-order valence-corrected chi connectivity index (χ2v) is 6.05. The van der Waals surface area contributed by atoms with Crippen LogP contribution < -0.4 is 10.6 Å². The summed E-state index contributed by atoms with van der Waals surface area (Å²) in [7, 11) is 0. The van der Waals surface area contributed by atoms with Crippen LogP contribution in [0.1, 0.15) is 10.5 Å². The van der Waals surface area contributed by atoms with E-state index < -0.39 is 30.5 Å². The molecule has 1 aromatic carbocycles. The first kappa shape index (κ1) is 19.2. The average Bonchev–Trinajstić information content (AvgIpc) is 3.12. The predicted octanol–water partition coefficient (Wildman–Crippen LogP) is 0.972. The minimum atomic E-state index is -4.46. The fourth-order valence-electron chi connectivity index (χ4n) is 2.79. The van der Waals surface area contributed by atoms with Gasteiger partial charge in [-0.2, -0.15) is 23.1 Å². The Morgan fingerprint density at radius 1 is 1.22 bits per heavy atom. The van der Waals surface area contributed by atoms with Crippen LogP contribution in [0.15, 0.2) is 30.5 Å². The van der Waals surface area contributed by atoms with Crippen molar-refractivity contribution in [1.82, 2.24) is 30.5 Å². The van der Waals surface area contributed by atoms with Crippen molar-refractivity contribution in [2.75, 3.05) is 32.7 Å². The highest BCUT2D eigenvalue weighted by Gasteiger charge is 2.43. The van der Waals surface area contributed by atoms with Crippen molar-refractivity contribution in [1.29, 1.82) is 0 Å². The van der Waals surface area contributed by atoms with Gasteiger partial charge in [0, 0.05) is 32.7 Å². The van der Waals surface area contributed by atoms with Crippen LogP contribution >= 0.6 is 0 Å². The molecule has 1 aliphatic heterocycles. The minimum Gasteiger partial charge on any atom is -0.349 e. The van der Waals surface area contributed by atoms with E-state index in [2.05, 4.69) is 20.8 Å². The van der Waals surface area contributed by atoms with E-state index >= 15 is 0 Å². The normalized spacial score (nSPS) is 16.9. The molecule has 2 N–H and O–H groups in total. The maximum atomic E-state index is 13.3. The first-order valence-corrected chi connectivity index (χ1v) is 8.32. The number of nitrogens with zero attached hydrogens (tertiary/aromatic N) is 4. The van der Waals surface area contributed by atoms with E-state index in [1.54, 1.807) is 0 Å². The first-order valence-electron chi connectivity index (χ1n) is 8.32. The van der Waals surface area contributed by atoms with Crippen molar-refractivity contribution < 1.29 is 22.4 Å². The van der Waals surface area contributed by atoms with E-state index in [-0.39, 0.29) is 18.8 Å². The van der Waals surface area contributed by atoms with E-state index in [1.165, 1.54) is 29.2 Å². The number of hydrogen-bond acceptors (Lipinski definition) is 5. The second-order valence-electron chi connectivity index (χ2n) is 6.05. The van der Waals surface area contributed by atoms with Gasteiger partial charge in [-0.15, -0.1) is 5.10 Å². The third-order valence-corrected chi connectivity index (χ3v) is 4.21. The van der Waals surface area contributed by atoms with Gasteiger partial charge in [-0.05, 0) is 24.3 Å². The van der Waals surface area contributed by atoms with Crippen molar-refractivity contribution in [3.05, 3.63) is 42.0 Å². The number of hydrogen-bond donors (Lipinski definition) is 2. The lowest BCUT2D eigenvalue weighted by Crippen LogP contribution is -2.57. The van der Waals surface area contributed by atoms with E-state index in [0.717, 1.165) is 11.0 Å². The van der Waals surface area contributed by atoms with Crippen LogP contribution in [0.5, 0.6) is 0 Å². The van der Waals surface area contributed by atoms with Crippen molar-refractivity contribution in [3.8, 4) is 5.69 Å². The monoisotopic (exact) mass is 386 g/mol. The van der Waals surface area contributed by atoms with Gasteiger partial charge in [0.25, 0.3) is 5.91 Å². The lowest BCUT2D eigenvalue weighted by atomic mass is 10.2. The van der Waals surface area contributed by atoms with Crippen LogP contribution in [0.2, 0.25) is 0 Å². The van der Waals surface area contributed by atoms with Crippen LogP contribution in [-0.4, -0.2) is 70.7 Å². The smallest absolute Gasteiger partial charge is 0.349 e. The fourth-order valence-corrected chi connectivity index (χ4v) is 2.79. The van der Waals surface area contributed by atoms with Gasteiger partial charge in [0.1, 0.15) is 11.9 Å². The van der Waals surface area contributed by atoms with Gasteiger partial charge in [-0.3, -0.25) is 9.69 Å². The molecule has 2 heterocycles. The van der Waals surface area contributed by atoms with Gasteiger partial charge in [0.05, 0.1) is 11.9 Å². The highest BCUT2D eigenvalue weighted by atomic mass is 19.4. The van der Waals surface area contributed by atoms with Gasteiger partial charge < -0.3 is 10.6 Å². The number of alkyl halides is 3. The maximum Gasteiger partial charge on any atom is 0.405 e. The molecular weight excluding hydrogens is 368 g/mol. The number of aromatic nitrogens is 3. The Morgan fingerprint density at radius 3 is 2.52 bits per heavy atom. The number of nitrogens with one attached hydrogen (secondary N) is 2. The van der Waals surface area contributed by atoms with Crippen LogP contribution in [0.4, 0.5) is 17.6 Å². The summed E-state index contributed by atoms with van der Waals surface area (Å²) in [5, 5.41) is 13.1. The second kappa shape index (κ2) is 8.01. The Morgan fingerprint density at radius 2 is 1.89 bits per heavy atom. The number of benzene rings is 1. The van der Waals surface area contributed by atoms with Crippen LogP contribution in [0.25, 0.3) is 5.69 Å². The average molecular weight is 386 g/mol. The zero-order valence-electron chi connectivity index (χ0n) is 14.2. The van der Waals surface area contributed by atoms with Crippen LogP contribution in [0.3, 0.4) is 0 Å². The van der Waals surface area contributed by atoms with Gasteiger partial charge in [0.15, 0.2) is 5.69 Å². The first-order chi connectivity index (χ1) is 12.8. The van der Waals surface area contributed by atoms with Crippen molar-refractivity contribution in [2.45, 2.75) is 12.2 Å². The summed E-state index contributed by atoms with van der Waals surface area (Å²) >= 11 is 0. The number of amides is 1. The molecule has 0 radical (unpaired) electrons. The zero-order valence-corrected chi connectivity index (χ0v) is 14.2. The lowest BCUT2D eigenvalue weighted by molar-refractivity contribution is -0.183. The number of carbonyl (C=O) groups is 1. The molecule has 11 heteroatoms. The Labute approximate surface area is 152 Å². The van der Waals surface area contributed by atoms with E-state index in [0.29, 0.717) is 18.8 Å². The molecule has 1 saturated heterocycles. The molecule has 0 bridgehead atoms. The molecule has 1 aliphatic rings. The van der Waals surface area contributed by atoms with Crippen LogP contribution in [-0.2, 0) is 0 Å². The fraction of sp³-hybridized carbons (Fsp3) is 0.438. The Hall–Kier alpha value is -2.53. The molecule has 1 unspecified atom stereocenters. The Bertz CT molecular complexity index is 770. The quantitative estimate of drug-likeness (QED) is 0.750. The molecule has 3 rings (SSSR count). The SMILES string of the molecule is O=C(NCC(N1CCNCC1)C(F)(F)F)c1cnn(-c2ccc(F)cc2)n1. The molecule has 1 fully saturated rings. The summed E-state index contributed by atoms with van der Waals surface area (Å²) < 4.78 is 53.0. The zero-order chi connectivity index (χ0) is 19.4. The molecule has 0 aliphatic carbocycles. The highest BCUT2D eigenvalue weighted by molar-refractivity contribution is 5.91. The molecular formula is C16H18F4N6O. The third kappa shape index (κ3) is 4.80. The largest absolute Gasteiger partial charge is 0.405 e. The lowest BCUT2D eigenvalue weighted by Gasteiger charge is -2.35. The van der Waals surface area contributed by atoms with Crippen LogP contribution in [0, 0.1) is 5.82 Å². The summed E-state index contributed by atoms with van der Waals surface area (Å²) in [5.41, 5.74) is 0.296. The molecule has 0 saturated carbocycles. The summed E-state index contributed by atoms with van der Waals surface area (Å²) in [6.45, 7) is 0.854. The van der Waals surface area contributed by atoms with Crippen molar-refractivity contribution in [2.24, 2.45) is 0 Å². The summed E-state index contributed by atoms with van der Waals surface area (Å²) in [4.78, 5) is 14.6. The topological polar surface area (TPSA) is 75.1 Å². The highest BCUT2D eigenvalue weighted by Crippen LogP contribution is 2.24. The molecule has 146 valence electrons. The number of piperazine rings is 1.